The van der Waals surface area contributed by atoms with E-state index in [1.807, 2.05) is 119 Å². The van der Waals surface area contributed by atoms with Crippen molar-refractivity contribution in [3.63, 3.8) is 0 Å². The van der Waals surface area contributed by atoms with Gasteiger partial charge in [-0.1, -0.05) is 23.7 Å². The molecule has 0 aromatic heterocycles. The third kappa shape index (κ3) is 15.4. The van der Waals surface area contributed by atoms with Gasteiger partial charge < -0.3 is 0 Å². The van der Waals surface area contributed by atoms with Crippen LogP contribution in [0.2, 0.25) is 5.02 Å². The van der Waals surface area contributed by atoms with Crippen LogP contribution in [-0.2, 0) is 21.7 Å². The molecule has 26 heavy (non-hydrogen) atoms. The fourth-order valence-corrected chi connectivity index (χ4v) is 1.87. The molecule has 0 saturated heterocycles. The molecule has 0 amide bonds. The standard InChI is InChI=1S/C7H6Cl.C7H7.2C5H5.Ti/c1-6-3-2-4-7(8)5-6;1-7-5-3-2-4-6-7;2*1-2-4-5-3-1;/h2-5H,1H2;2-6H,1H2;2*1-5H;/q2*-1;;;+2. The molecule has 0 N–H and O–H groups in total. The summed E-state index contributed by atoms with van der Waals surface area (Å²) in [6.07, 6.45) is 20.0. The van der Waals surface area contributed by atoms with Crippen LogP contribution in [0.1, 0.15) is 11.1 Å². The Morgan fingerprint density at radius 3 is 1.12 bits per heavy atom. The predicted molar refractivity (Wildman–Crippen MR) is 110 cm³/mol. The van der Waals surface area contributed by atoms with Crippen molar-refractivity contribution in [3.05, 3.63) is 149 Å². The topological polar surface area (TPSA) is 0 Å². The van der Waals surface area contributed by atoms with Gasteiger partial charge in [0.2, 0.25) is 0 Å². The van der Waals surface area contributed by atoms with Crippen LogP contribution < -0.4 is 0 Å². The minimum atomic E-state index is 0. The third-order valence-corrected chi connectivity index (χ3v) is 3.08. The van der Waals surface area contributed by atoms with Gasteiger partial charge in [0.15, 0.2) is 0 Å². The van der Waals surface area contributed by atoms with Crippen molar-refractivity contribution >= 4 is 11.6 Å². The second kappa shape index (κ2) is 17.6. The Balaban J connectivity index is 0.000000322. The van der Waals surface area contributed by atoms with Crippen molar-refractivity contribution < 1.29 is 21.7 Å². The molecule has 4 rings (SSSR count). The van der Waals surface area contributed by atoms with E-state index in [2.05, 4.69) is 13.8 Å². The Kier molecular flexibility index (Phi) is 17.0. The summed E-state index contributed by atoms with van der Waals surface area (Å²) in [5, 5.41) is 0.748. The molecule has 0 spiro atoms. The molecule has 0 atom stereocenters. The molecule has 2 aromatic carbocycles. The molecule has 0 nitrogen and oxygen atoms in total. The van der Waals surface area contributed by atoms with E-state index < -0.39 is 0 Å². The number of hydrogen-bond acceptors (Lipinski definition) is 0. The maximum absolute atomic E-state index is 5.60. The van der Waals surface area contributed by atoms with Gasteiger partial charge in [-0.15, -0.1) is 24.3 Å². The van der Waals surface area contributed by atoms with Gasteiger partial charge in [-0.25, -0.2) is 0 Å². The fraction of sp³-hybridized carbons (Fsp3) is 0. The van der Waals surface area contributed by atoms with Gasteiger partial charge in [-0.3, -0.25) is 0 Å². The summed E-state index contributed by atoms with van der Waals surface area (Å²) in [5.74, 6) is 0. The van der Waals surface area contributed by atoms with E-state index in [0.29, 0.717) is 0 Å². The van der Waals surface area contributed by atoms with E-state index in [4.69, 9.17) is 11.6 Å². The van der Waals surface area contributed by atoms with Gasteiger partial charge in [0.1, 0.15) is 0 Å². The SMILES string of the molecule is [CH2-]c1cccc(Cl)c1.[CH2-]c1ccccc1.[CH]1[CH][CH][CH][CH]1.[CH]1[CH][CH][CH][CH]1.[Ti+2]. The molecule has 2 aliphatic rings. The first kappa shape index (κ1) is 25.2. The van der Waals surface area contributed by atoms with Crippen LogP contribution in [0.5, 0.6) is 0 Å². The molecule has 2 aromatic rings. The summed E-state index contributed by atoms with van der Waals surface area (Å²) in [5.41, 5.74) is 2.03. The van der Waals surface area contributed by atoms with Crippen molar-refractivity contribution in [1.29, 1.82) is 0 Å². The fourth-order valence-electron chi connectivity index (χ4n) is 1.66. The van der Waals surface area contributed by atoms with Crippen LogP contribution >= 0.6 is 11.6 Å². The minimum absolute atomic E-state index is 0. The average Bonchev–Trinajstić information content (AvgIpc) is 3.35. The van der Waals surface area contributed by atoms with Gasteiger partial charge in [0.25, 0.3) is 0 Å². The second-order valence-corrected chi connectivity index (χ2v) is 5.48. The van der Waals surface area contributed by atoms with Crippen LogP contribution in [0, 0.1) is 78.1 Å². The molecule has 130 valence electrons. The van der Waals surface area contributed by atoms with Crippen LogP contribution in [0.4, 0.5) is 0 Å². The summed E-state index contributed by atoms with van der Waals surface area (Å²) in [6.45, 7) is 7.42. The zero-order chi connectivity index (χ0) is 18.2. The third-order valence-electron chi connectivity index (χ3n) is 2.84. The number of halogens is 1. The molecule has 0 aliphatic heterocycles. The molecule has 0 heterocycles. The minimum Gasteiger partial charge on any atom is -0.199 e. The first-order valence-corrected chi connectivity index (χ1v) is 8.34. The maximum Gasteiger partial charge on any atom is 2.00 e. The largest absolute Gasteiger partial charge is 2.00 e. The molecule has 2 aliphatic carbocycles. The van der Waals surface area contributed by atoms with E-state index >= 15 is 0 Å². The van der Waals surface area contributed by atoms with Crippen molar-refractivity contribution in [2.45, 2.75) is 0 Å². The van der Waals surface area contributed by atoms with Crippen LogP contribution in [0.25, 0.3) is 0 Å². The van der Waals surface area contributed by atoms with Crippen molar-refractivity contribution in [2.24, 2.45) is 0 Å². The summed E-state index contributed by atoms with van der Waals surface area (Å²) >= 11 is 5.60. The van der Waals surface area contributed by atoms with Crippen molar-refractivity contribution in [3.8, 4) is 0 Å². The number of rotatable bonds is 0. The monoisotopic (exact) mass is 394 g/mol. The van der Waals surface area contributed by atoms with E-state index in [1.165, 1.54) is 0 Å². The zero-order valence-corrected chi connectivity index (χ0v) is 17.1. The Labute approximate surface area is 181 Å². The average molecular weight is 395 g/mol. The van der Waals surface area contributed by atoms with Crippen LogP contribution in [0.3, 0.4) is 0 Å². The molecule has 2 saturated carbocycles. The number of hydrogen-bond donors (Lipinski definition) is 0. The molecular formula is C24H23ClTi. The van der Waals surface area contributed by atoms with Gasteiger partial charge in [-0.05, 0) is 69.2 Å². The van der Waals surface area contributed by atoms with Gasteiger partial charge in [-0.2, -0.15) is 43.2 Å². The van der Waals surface area contributed by atoms with E-state index in [0.717, 1.165) is 16.1 Å². The summed E-state index contributed by atoms with van der Waals surface area (Å²) < 4.78 is 0. The Morgan fingerprint density at radius 1 is 0.500 bits per heavy atom. The number of benzene rings is 2. The Hall–Kier alpha value is -0.816. The quantitative estimate of drug-likeness (QED) is 0.356. The van der Waals surface area contributed by atoms with Gasteiger partial charge in [0.05, 0.1) is 0 Å². The molecule has 0 unspecified atom stereocenters. The molecule has 0 bridgehead atoms. The molecule has 10 radical (unpaired) electrons. The maximum atomic E-state index is 5.60. The second-order valence-electron chi connectivity index (χ2n) is 5.04. The Morgan fingerprint density at radius 2 is 0.885 bits per heavy atom. The molecule has 2 heteroatoms. The van der Waals surface area contributed by atoms with Gasteiger partial charge >= 0.3 is 21.7 Å². The summed E-state index contributed by atoms with van der Waals surface area (Å²) in [4.78, 5) is 0. The van der Waals surface area contributed by atoms with E-state index in [-0.39, 0.29) is 21.7 Å². The van der Waals surface area contributed by atoms with E-state index in [9.17, 15) is 0 Å². The van der Waals surface area contributed by atoms with Crippen LogP contribution in [0.15, 0.2) is 54.6 Å². The summed E-state index contributed by atoms with van der Waals surface area (Å²) in [7, 11) is 0. The molecule has 2 fully saturated rings. The first-order valence-electron chi connectivity index (χ1n) is 7.96. The zero-order valence-electron chi connectivity index (χ0n) is 14.8. The first-order chi connectivity index (χ1) is 12.2. The predicted octanol–water partition coefficient (Wildman–Crippen LogP) is 6.43. The smallest absolute Gasteiger partial charge is 0.199 e. The Bertz CT molecular complexity index is 488. The van der Waals surface area contributed by atoms with Crippen LogP contribution in [-0.4, -0.2) is 0 Å². The molecular weight excluding hydrogens is 372 g/mol. The van der Waals surface area contributed by atoms with Crippen molar-refractivity contribution in [1.82, 2.24) is 0 Å². The van der Waals surface area contributed by atoms with Gasteiger partial charge in [0, 0.05) is 0 Å². The van der Waals surface area contributed by atoms with Crippen molar-refractivity contribution in [2.75, 3.05) is 0 Å². The van der Waals surface area contributed by atoms with E-state index in [1.54, 1.807) is 0 Å². The normalized spacial score (nSPS) is 14.3. The summed E-state index contributed by atoms with van der Waals surface area (Å²) in [6, 6.07) is 17.3.